The highest BCUT2D eigenvalue weighted by atomic mass is 28.4. The van der Waals surface area contributed by atoms with Crippen molar-refractivity contribution in [2.24, 2.45) is 0 Å². The first-order valence-electron chi connectivity index (χ1n) is 6.10. The van der Waals surface area contributed by atoms with Gasteiger partial charge in [-0.1, -0.05) is 12.8 Å². The lowest BCUT2D eigenvalue weighted by Gasteiger charge is -2.41. The fourth-order valence-electron chi connectivity index (χ4n) is 3.26. The zero-order valence-corrected chi connectivity index (χ0v) is 11.2. The Morgan fingerprint density at radius 2 is 1.67 bits per heavy atom. The van der Waals surface area contributed by atoms with Crippen LogP contribution in [-0.2, 0) is 0 Å². The van der Waals surface area contributed by atoms with E-state index in [0.717, 1.165) is 6.04 Å². The number of rotatable bonds is 3. The van der Waals surface area contributed by atoms with E-state index in [0.29, 0.717) is 0 Å². The summed E-state index contributed by atoms with van der Waals surface area (Å²) in [4.78, 5) is 7.17. The molecule has 1 aliphatic carbocycles. The number of likely N-dealkylation sites (N-methyl/N-ethyl adjacent to an activating group) is 1. The third kappa shape index (κ3) is 1.76. The van der Waals surface area contributed by atoms with Gasteiger partial charge in [0.2, 0.25) is 0 Å². The van der Waals surface area contributed by atoms with Crippen LogP contribution in [0.15, 0.2) is 0 Å². The van der Waals surface area contributed by atoms with Crippen LogP contribution in [0.3, 0.4) is 0 Å². The van der Waals surface area contributed by atoms with E-state index in [4.69, 9.17) is 0 Å². The fourth-order valence-corrected chi connectivity index (χ4v) is 6.92. The third-order valence-corrected chi connectivity index (χ3v) is 8.25. The molecule has 2 aliphatic rings. The highest BCUT2D eigenvalue weighted by Crippen LogP contribution is 2.28. The van der Waals surface area contributed by atoms with Gasteiger partial charge in [-0.05, 0) is 34.0 Å². The van der Waals surface area contributed by atoms with Gasteiger partial charge >= 0.3 is 8.72 Å². The van der Waals surface area contributed by atoms with Gasteiger partial charge in [-0.3, -0.25) is 9.13 Å². The first-order chi connectivity index (χ1) is 7.24. The number of hydrogen-bond donors (Lipinski definition) is 2. The summed E-state index contributed by atoms with van der Waals surface area (Å²) in [6.45, 7) is 2.43. The van der Waals surface area contributed by atoms with Gasteiger partial charge in [-0.25, -0.2) is 0 Å². The molecular weight excluding hydrogens is 204 g/mol. The molecule has 2 fully saturated rings. The Kier molecular flexibility index (Phi) is 3.47. The molecule has 2 N–H and O–H groups in total. The van der Waals surface area contributed by atoms with E-state index in [1.807, 2.05) is 0 Å². The second-order valence-electron chi connectivity index (χ2n) is 4.73. The second kappa shape index (κ2) is 4.51. The molecule has 1 heterocycles. The maximum atomic E-state index is 3.58. The summed E-state index contributed by atoms with van der Waals surface area (Å²) >= 11 is 0. The van der Waals surface area contributed by atoms with Crippen LogP contribution in [0.1, 0.15) is 25.7 Å². The number of nitrogens with one attached hydrogen (secondary N) is 2. The van der Waals surface area contributed by atoms with E-state index in [-0.39, 0.29) is 0 Å². The number of hydrogen-bond acceptors (Lipinski definition) is 4. The minimum atomic E-state index is -1.71. The molecule has 0 aromatic carbocycles. The first-order valence-corrected chi connectivity index (χ1v) is 8.00. The molecule has 0 aromatic heterocycles. The van der Waals surface area contributed by atoms with Crippen LogP contribution < -0.4 is 9.96 Å². The molecule has 88 valence electrons. The number of nitrogens with zero attached hydrogens (tertiary/aromatic N) is 2. The normalized spacial score (nSPS) is 29.0. The second-order valence-corrected chi connectivity index (χ2v) is 8.41. The molecule has 2 rings (SSSR count). The molecule has 0 unspecified atom stereocenters. The monoisotopic (exact) mass is 228 g/mol. The minimum Gasteiger partial charge on any atom is -0.303 e. The van der Waals surface area contributed by atoms with Gasteiger partial charge in [0.15, 0.2) is 0 Å². The molecule has 15 heavy (non-hydrogen) atoms. The van der Waals surface area contributed by atoms with Crippen molar-refractivity contribution in [3.8, 4) is 0 Å². The molecule has 0 atom stereocenters. The van der Waals surface area contributed by atoms with Crippen molar-refractivity contribution in [2.45, 2.75) is 31.7 Å². The Bertz CT molecular complexity index is 213. The lowest BCUT2D eigenvalue weighted by atomic mass is 10.2. The fraction of sp³-hybridized carbons (Fsp3) is 1.00. The van der Waals surface area contributed by atoms with Gasteiger partial charge in [0.25, 0.3) is 0 Å². The van der Waals surface area contributed by atoms with Crippen LogP contribution in [0.2, 0.25) is 0 Å². The summed E-state index contributed by atoms with van der Waals surface area (Å²) < 4.78 is 5.24. The Hall–Kier alpha value is 0.0569. The van der Waals surface area contributed by atoms with E-state index in [9.17, 15) is 0 Å². The van der Waals surface area contributed by atoms with Crippen molar-refractivity contribution in [1.82, 2.24) is 19.1 Å². The Morgan fingerprint density at radius 1 is 1.07 bits per heavy atom. The van der Waals surface area contributed by atoms with Crippen LogP contribution in [0.25, 0.3) is 0 Å². The zero-order valence-electron chi connectivity index (χ0n) is 10.2. The Labute approximate surface area is 94.3 Å². The van der Waals surface area contributed by atoms with Crippen molar-refractivity contribution in [1.29, 1.82) is 0 Å². The topological polar surface area (TPSA) is 30.5 Å². The van der Waals surface area contributed by atoms with E-state index in [1.165, 1.54) is 38.8 Å². The average Bonchev–Trinajstić information content (AvgIpc) is 2.85. The van der Waals surface area contributed by atoms with Gasteiger partial charge in [-0.15, -0.1) is 0 Å². The predicted molar refractivity (Wildman–Crippen MR) is 65.5 cm³/mol. The van der Waals surface area contributed by atoms with Crippen molar-refractivity contribution < 1.29 is 0 Å². The standard InChI is InChI=1S/C10H24N4Si/c1-11-15(12-2)13(3)8-9-14(15)10-6-4-5-7-10/h10-12H,4-9H2,1-3H3. The van der Waals surface area contributed by atoms with Crippen LogP contribution in [0.5, 0.6) is 0 Å². The third-order valence-electron chi connectivity index (χ3n) is 4.11. The first kappa shape index (κ1) is 11.5. The van der Waals surface area contributed by atoms with Gasteiger partial charge < -0.3 is 9.96 Å². The Balaban J connectivity index is 2.15. The average molecular weight is 228 g/mol. The molecule has 0 amide bonds. The highest BCUT2D eigenvalue weighted by Gasteiger charge is 2.50. The van der Waals surface area contributed by atoms with Gasteiger partial charge in [0.05, 0.1) is 0 Å². The van der Waals surface area contributed by atoms with E-state index < -0.39 is 8.72 Å². The molecule has 4 nitrogen and oxygen atoms in total. The summed E-state index contributed by atoms with van der Waals surface area (Å²) in [5.74, 6) is 0. The highest BCUT2D eigenvalue weighted by molar-refractivity contribution is 6.70. The quantitative estimate of drug-likeness (QED) is 0.668. The summed E-state index contributed by atoms with van der Waals surface area (Å²) in [5.41, 5.74) is 0. The molecule has 5 heteroatoms. The van der Waals surface area contributed by atoms with Crippen LogP contribution >= 0.6 is 0 Å². The van der Waals surface area contributed by atoms with Crippen LogP contribution in [0.4, 0.5) is 0 Å². The van der Waals surface area contributed by atoms with Crippen molar-refractivity contribution >= 4 is 8.72 Å². The van der Waals surface area contributed by atoms with Gasteiger partial charge in [-0.2, -0.15) is 0 Å². The maximum Gasteiger partial charge on any atom is 0.371 e. The molecular formula is C10H24N4Si. The summed E-state index contributed by atoms with van der Waals surface area (Å²) in [6, 6.07) is 0.821. The Morgan fingerprint density at radius 3 is 2.20 bits per heavy atom. The SMILES string of the molecule is CN[Si]1(NC)N(C)CCN1C1CCCC1. The summed E-state index contributed by atoms with van der Waals surface area (Å²) in [5, 5.41) is 0. The van der Waals surface area contributed by atoms with E-state index in [2.05, 4.69) is 40.2 Å². The van der Waals surface area contributed by atoms with Gasteiger partial charge in [0, 0.05) is 19.1 Å². The van der Waals surface area contributed by atoms with Crippen molar-refractivity contribution in [2.75, 3.05) is 34.2 Å². The molecule has 0 bridgehead atoms. The van der Waals surface area contributed by atoms with E-state index >= 15 is 0 Å². The zero-order chi connectivity index (χ0) is 10.9. The summed E-state index contributed by atoms with van der Waals surface area (Å²) in [6.07, 6.45) is 5.63. The molecule has 1 saturated carbocycles. The molecule has 0 radical (unpaired) electrons. The van der Waals surface area contributed by atoms with Crippen molar-refractivity contribution in [3.05, 3.63) is 0 Å². The predicted octanol–water partition coefficient (Wildman–Crippen LogP) is 0.0508. The lowest BCUT2D eigenvalue weighted by molar-refractivity contribution is 0.332. The molecule has 0 aromatic rings. The van der Waals surface area contributed by atoms with Crippen LogP contribution in [0, 0.1) is 0 Å². The largest absolute Gasteiger partial charge is 0.371 e. The summed E-state index contributed by atoms with van der Waals surface area (Å²) in [7, 11) is 4.74. The van der Waals surface area contributed by atoms with Crippen LogP contribution in [-0.4, -0.2) is 58.1 Å². The van der Waals surface area contributed by atoms with Gasteiger partial charge in [0.1, 0.15) is 0 Å². The van der Waals surface area contributed by atoms with Crippen molar-refractivity contribution in [3.63, 3.8) is 0 Å². The molecule has 0 spiro atoms. The lowest BCUT2D eigenvalue weighted by Crippen LogP contribution is -2.76. The minimum absolute atomic E-state index is 0.821. The molecule has 1 saturated heterocycles. The van der Waals surface area contributed by atoms with E-state index in [1.54, 1.807) is 0 Å². The maximum absolute atomic E-state index is 3.58. The smallest absolute Gasteiger partial charge is 0.303 e. The molecule has 1 aliphatic heterocycles.